The van der Waals surface area contributed by atoms with Crippen molar-refractivity contribution in [3.05, 3.63) is 63.4 Å². The van der Waals surface area contributed by atoms with E-state index in [9.17, 15) is 0 Å². The van der Waals surface area contributed by atoms with E-state index in [0.717, 1.165) is 16.8 Å². The van der Waals surface area contributed by atoms with Gasteiger partial charge in [0.1, 0.15) is 0 Å². The Kier molecular flexibility index (Phi) is 4.19. The van der Waals surface area contributed by atoms with Gasteiger partial charge in [0, 0.05) is 11.9 Å². The van der Waals surface area contributed by atoms with E-state index in [2.05, 4.69) is 10.4 Å². The maximum atomic E-state index is 6.01. The first-order valence-corrected chi connectivity index (χ1v) is 6.21. The fourth-order valence-electron chi connectivity index (χ4n) is 1.73. The number of halogens is 2. The molecule has 0 aliphatic heterocycles. The number of aromatic nitrogens is 1. The molecule has 0 bridgehead atoms. The summed E-state index contributed by atoms with van der Waals surface area (Å²) in [7, 11) is 0. The number of benzene rings is 1. The van der Waals surface area contributed by atoms with Crippen LogP contribution in [0.3, 0.4) is 0 Å². The van der Waals surface area contributed by atoms with Gasteiger partial charge in [-0.2, -0.15) is 0 Å². The zero-order valence-electron chi connectivity index (χ0n) is 9.82. The van der Waals surface area contributed by atoms with Crippen LogP contribution in [0.25, 0.3) is 0 Å². The molecular weight excluding hydrogens is 269 g/mol. The maximum Gasteiger partial charge on any atom is 0.0725 e. The lowest BCUT2D eigenvalue weighted by Crippen LogP contribution is -2.28. The van der Waals surface area contributed by atoms with Gasteiger partial charge in [-0.1, -0.05) is 35.3 Å². The highest BCUT2D eigenvalue weighted by atomic mass is 35.5. The fourth-order valence-corrected chi connectivity index (χ4v) is 2.03. The Hall–Kier alpha value is -1.13. The van der Waals surface area contributed by atoms with Crippen molar-refractivity contribution in [2.45, 2.75) is 13.0 Å². The third-order valence-electron chi connectivity index (χ3n) is 2.71. The van der Waals surface area contributed by atoms with E-state index in [1.807, 2.05) is 25.1 Å². The van der Waals surface area contributed by atoms with Crippen LogP contribution in [0.2, 0.25) is 10.0 Å². The molecule has 0 spiro atoms. The minimum absolute atomic E-state index is 0.159. The average Bonchev–Trinajstić information content (AvgIpc) is 2.37. The highest BCUT2D eigenvalue weighted by molar-refractivity contribution is 6.42. The monoisotopic (exact) mass is 281 g/mol. The molecule has 3 nitrogen and oxygen atoms in total. The normalized spacial score (nSPS) is 12.4. The molecule has 3 N–H and O–H groups in total. The van der Waals surface area contributed by atoms with Crippen molar-refractivity contribution < 1.29 is 0 Å². The van der Waals surface area contributed by atoms with Crippen molar-refractivity contribution >= 4 is 23.2 Å². The summed E-state index contributed by atoms with van der Waals surface area (Å²) in [6.07, 6.45) is 1.79. The second-order valence-corrected chi connectivity index (χ2v) is 4.82. The standard InChI is InChI=1S/C13H13Cl2N3/c1-8-2-3-10(7-17-8)13(18-16)9-4-5-11(14)12(15)6-9/h2-7,13,18H,16H2,1H3. The van der Waals surface area contributed by atoms with Crippen LogP contribution in [0.1, 0.15) is 22.9 Å². The van der Waals surface area contributed by atoms with Crippen LogP contribution in [-0.2, 0) is 0 Å². The number of nitrogens with zero attached hydrogens (tertiary/aromatic N) is 1. The van der Waals surface area contributed by atoms with Crippen molar-refractivity contribution in [2.24, 2.45) is 5.84 Å². The van der Waals surface area contributed by atoms with Gasteiger partial charge in [0.05, 0.1) is 16.1 Å². The molecule has 5 heteroatoms. The summed E-state index contributed by atoms with van der Waals surface area (Å²) in [6, 6.07) is 9.21. The molecule has 0 amide bonds. The van der Waals surface area contributed by atoms with E-state index in [4.69, 9.17) is 29.0 Å². The summed E-state index contributed by atoms with van der Waals surface area (Å²) >= 11 is 11.9. The Balaban J connectivity index is 2.38. The SMILES string of the molecule is Cc1ccc(C(NN)c2ccc(Cl)c(Cl)c2)cn1. The molecule has 0 radical (unpaired) electrons. The minimum atomic E-state index is -0.159. The van der Waals surface area contributed by atoms with Gasteiger partial charge in [0.15, 0.2) is 0 Å². The Labute approximate surface area is 116 Å². The summed E-state index contributed by atoms with van der Waals surface area (Å²) < 4.78 is 0. The van der Waals surface area contributed by atoms with E-state index in [-0.39, 0.29) is 6.04 Å². The highest BCUT2D eigenvalue weighted by Gasteiger charge is 2.13. The Bertz CT molecular complexity index is 540. The van der Waals surface area contributed by atoms with Gasteiger partial charge in [-0.05, 0) is 36.2 Å². The lowest BCUT2D eigenvalue weighted by Gasteiger charge is -2.17. The smallest absolute Gasteiger partial charge is 0.0725 e. The van der Waals surface area contributed by atoms with Crippen LogP contribution in [0.4, 0.5) is 0 Å². The predicted octanol–water partition coefficient (Wildman–Crippen LogP) is 3.25. The maximum absolute atomic E-state index is 6.01. The van der Waals surface area contributed by atoms with Gasteiger partial charge in [0.2, 0.25) is 0 Å². The van der Waals surface area contributed by atoms with Crippen LogP contribution in [0, 0.1) is 6.92 Å². The molecule has 1 atom stereocenters. The Morgan fingerprint density at radius 2 is 1.83 bits per heavy atom. The van der Waals surface area contributed by atoms with Crippen LogP contribution >= 0.6 is 23.2 Å². The number of hydrogen-bond donors (Lipinski definition) is 2. The summed E-state index contributed by atoms with van der Waals surface area (Å²) in [5, 5.41) is 1.03. The van der Waals surface area contributed by atoms with E-state index in [0.29, 0.717) is 10.0 Å². The van der Waals surface area contributed by atoms with Crippen LogP contribution < -0.4 is 11.3 Å². The summed E-state index contributed by atoms with van der Waals surface area (Å²) in [6.45, 7) is 1.94. The summed E-state index contributed by atoms with van der Waals surface area (Å²) in [4.78, 5) is 4.26. The number of hydrazine groups is 1. The van der Waals surface area contributed by atoms with E-state index >= 15 is 0 Å². The van der Waals surface area contributed by atoms with Gasteiger partial charge >= 0.3 is 0 Å². The van der Waals surface area contributed by atoms with Gasteiger partial charge in [-0.15, -0.1) is 0 Å². The molecule has 1 unspecified atom stereocenters. The summed E-state index contributed by atoms with van der Waals surface area (Å²) in [5.41, 5.74) is 5.64. The predicted molar refractivity (Wildman–Crippen MR) is 74.6 cm³/mol. The topological polar surface area (TPSA) is 50.9 Å². The van der Waals surface area contributed by atoms with Crippen molar-refractivity contribution in [1.82, 2.24) is 10.4 Å². The quantitative estimate of drug-likeness (QED) is 0.671. The number of pyridine rings is 1. The third-order valence-corrected chi connectivity index (χ3v) is 3.45. The Morgan fingerprint density at radius 3 is 2.39 bits per heavy atom. The molecule has 18 heavy (non-hydrogen) atoms. The molecule has 0 saturated carbocycles. The molecule has 1 heterocycles. The van der Waals surface area contributed by atoms with E-state index in [1.165, 1.54) is 0 Å². The second kappa shape index (κ2) is 5.67. The third kappa shape index (κ3) is 2.82. The molecule has 0 aliphatic carbocycles. The molecule has 0 aliphatic rings. The number of hydrogen-bond acceptors (Lipinski definition) is 3. The lowest BCUT2D eigenvalue weighted by molar-refractivity contribution is 0.634. The number of rotatable bonds is 3. The largest absolute Gasteiger partial charge is 0.271 e. The first-order chi connectivity index (χ1) is 8.61. The van der Waals surface area contributed by atoms with Gasteiger partial charge in [-0.25, -0.2) is 5.43 Å². The van der Waals surface area contributed by atoms with Crippen molar-refractivity contribution in [3.63, 3.8) is 0 Å². The first-order valence-electron chi connectivity index (χ1n) is 5.45. The van der Waals surface area contributed by atoms with Crippen molar-refractivity contribution in [2.75, 3.05) is 0 Å². The van der Waals surface area contributed by atoms with Gasteiger partial charge < -0.3 is 0 Å². The Morgan fingerprint density at radius 1 is 1.11 bits per heavy atom. The molecule has 0 fully saturated rings. The second-order valence-electron chi connectivity index (χ2n) is 4.01. The molecule has 2 aromatic rings. The zero-order chi connectivity index (χ0) is 13.1. The number of aryl methyl sites for hydroxylation is 1. The molecule has 1 aromatic heterocycles. The molecule has 2 rings (SSSR count). The van der Waals surface area contributed by atoms with Crippen molar-refractivity contribution in [3.8, 4) is 0 Å². The van der Waals surface area contributed by atoms with Crippen LogP contribution in [-0.4, -0.2) is 4.98 Å². The molecule has 0 saturated heterocycles. The molecular formula is C13H13Cl2N3. The number of nitrogens with one attached hydrogen (secondary N) is 1. The minimum Gasteiger partial charge on any atom is -0.271 e. The van der Waals surface area contributed by atoms with Crippen molar-refractivity contribution in [1.29, 1.82) is 0 Å². The average molecular weight is 282 g/mol. The number of nitrogens with two attached hydrogens (primary N) is 1. The molecule has 1 aromatic carbocycles. The lowest BCUT2D eigenvalue weighted by atomic mass is 10.0. The highest BCUT2D eigenvalue weighted by Crippen LogP contribution is 2.28. The van der Waals surface area contributed by atoms with Crippen LogP contribution in [0.15, 0.2) is 36.5 Å². The molecule has 94 valence electrons. The summed E-state index contributed by atoms with van der Waals surface area (Å²) in [5.74, 6) is 5.61. The van der Waals surface area contributed by atoms with E-state index in [1.54, 1.807) is 18.3 Å². The van der Waals surface area contributed by atoms with Crippen LogP contribution in [0.5, 0.6) is 0 Å². The zero-order valence-corrected chi connectivity index (χ0v) is 11.3. The van der Waals surface area contributed by atoms with Gasteiger partial charge in [0.25, 0.3) is 0 Å². The first kappa shape index (κ1) is 13.3. The van der Waals surface area contributed by atoms with E-state index < -0.39 is 0 Å². The van der Waals surface area contributed by atoms with Gasteiger partial charge in [-0.3, -0.25) is 10.8 Å². The fraction of sp³-hybridized carbons (Fsp3) is 0.154.